The Morgan fingerprint density at radius 1 is 1.91 bits per heavy atom. The molecule has 1 unspecified atom stereocenters. The highest BCUT2D eigenvalue weighted by Crippen LogP contribution is 2.11. The molecule has 0 saturated carbocycles. The molecule has 0 spiro atoms. The summed E-state index contributed by atoms with van der Waals surface area (Å²) in [7, 11) is 0. The first-order valence-electron chi connectivity index (χ1n) is 3.72. The second kappa shape index (κ2) is 3.37. The smallest absolute Gasteiger partial charge is 0.330 e. The van der Waals surface area contributed by atoms with E-state index in [0.29, 0.717) is 25.3 Å². The third-order valence-electron chi connectivity index (χ3n) is 1.55. The van der Waals surface area contributed by atoms with E-state index < -0.39 is 0 Å². The van der Waals surface area contributed by atoms with Crippen molar-refractivity contribution in [3.05, 3.63) is 0 Å². The molecule has 1 aliphatic heterocycles. The van der Waals surface area contributed by atoms with Crippen molar-refractivity contribution in [1.82, 2.24) is 0 Å². The van der Waals surface area contributed by atoms with Gasteiger partial charge in [0.1, 0.15) is 6.04 Å². The topological polar surface area (TPSA) is 64.7 Å². The molecule has 62 valence electrons. The van der Waals surface area contributed by atoms with E-state index in [-0.39, 0.29) is 12.0 Å². The molecule has 0 fully saturated rings. The monoisotopic (exact) mass is 156 g/mol. The lowest BCUT2D eigenvalue weighted by molar-refractivity contribution is -0.144. The van der Waals surface area contributed by atoms with Crippen molar-refractivity contribution in [1.29, 1.82) is 0 Å². The standard InChI is InChI=1S/C7H12N2O2/c1-2-11-7(10)5-3-4-6(8)9-5/h5H,2-4H2,1H3,(H2,8,9). The highest BCUT2D eigenvalue weighted by Gasteiger charge is 2.23. The van der Waals surface area contributed by atoms with Gasteiger partial charge in [-0.2, -0.15) is 0 Å². The Balaban J connectivity index is 2.43. The Morgan fingerprint density at radius 2 is 2.64 bits per heavy atom. The Bertz CT molecular complexity index is 189. The Labute approximate surface area is 65.4 Å². The van der Waals surface area contributed by atoms with E-state index >= 15 is 0 Å². The van der Waals surface area contributed by atoms with Gasteiger partial charge in [-0.3, -0.25) is 4.99 Å². The van der Waals surface area contributed by atoms with Crippen LogP contribution in [0.2, 0.25) is 0 Å². The molecule has 0 aromatic rings. The van der Waals surface area contributed by atoms with Crippen LogP contribution in [0, 0.1) is 0 Å². The lowest BCUT2D eigenvalue weighted by Gasteiger charge is -2.03. The SMILES string of the molecule is CCOC(=O)C1CCC(N)=N1. The van der Waals surface area contributed by atoms with Crippen LogP contribution in [0.25, 0.3) is 0 Å². The summed E-state index contributed by atoms with van der Waals surface area (Å²) in [6.45, 7) is 2.19. The lowest BCUT2D eigenvalue weighted by atomic mass is 10.2. The normalized spacial score (nSPS) is 23.0. The molecule has 0 aromatic heterocycles. The highest BCUT2D eigenvalue weighted by molar-refractivity contribution is 5.88. The fourth-order valence-corrected chi connectivity index (χ4v) is 1.02. The zero-order valence-corrected chi connectivity index (χ0v) is 6.54. The minimum atomic E-state index is -0.338. The molecule has 0 saturated heterocycles. The first-order chi connectivity index (χ1) is 5.24. The summed E-state index contributed by atoms with van der Waals surface area (Å²) in [5.74, 6) is 0.302. The van der Waals surface area contributed by atoms with Crippen LogP contribution < -0.4 is 5.73 Å². The van der Waals surface area contributed by atoms with Crippen LogP contribution in [-0.2, 0) is 9.53 Å². The molecule has 0 bridgehead atoms. The summed E-state index contributed by atoms with van der Waals surface area (Å²) in [5.41, 5.74) is 5.40. The average Bonchev–Trinajstić information content (AvgIpc) is 2.36. The quantitative estimate of drug-likeness (QED) is 0.575. The molecule has 2 N–H and O–H groups in total. The number of hydrogen-bond acceptors (Lipinski definition) is 4. The van der Waals surface area contributed by atoms with Gasteiger partial charge in [0.15, 0.2) is 0 Å². The molecule has 4 heteroatoms. The number of aliphatic imine (C=N–C) groups is 1. The number of hydrogen-bond donors (Lipinski definition) is 1. The maximum absolute atomic E-state index is 11.0. The fraction of sp³-hybridized carbons (Fsp3) is 0.714. The summed E-state index contributed by atoms with van der Waals surface area (Å²) in [5, 5.41) is 0. The molecule has 11 heavy (non-hydrogen) atoms. The molecule has 1 rings (SSSR count). The number of rotatable bonds is 2. The van der Waals surface area contributed by atoms with Gasteiger partial charge in [-0.05, 0) is 13.3 Å². The maximum atomic E-state index is 11.0. The zero-order chi connectivity index (χ0) is 8.27. The second-order valence-electron chi connectivity index (χ2n) is 2.43. The summed E-state index contributed by atoms with van der Waals surface area (Å²) in [6, 6.07) is -0.338. The fourth-order valence-electron chi connectivity index (χ4n) is 1.02. The lowest BCUT2D eigenvalue weighted by Crippen LogP contribution is -2.19. The predicted octanol–water partition coefficient (Wildman–Crippen LogP) is 0.0691. The van der Waals surface area contributed by atoms with Crippen molar-refractivity contribution in [2.24, 2.45) is 10.7 Å². The molecule has 0 radical (unpaired) electrons. The zero-order valence-electron chi connectivity index (χ0n) is 6.54. The number of esters is 1. The minimum absolute atomic E-state index is 0.257. The van der Waals surface area contributed by atoms with Crippen LogP contribution in [0.15, 0.2) is 4.99 Å². The van der Waals surface area contributed by atoms with Crippen molar-refractivity contribution in [3.63, 3.8) is 0 Å². The van der Waals surface area contributed by atoms with E-state index in [1.807, 2.05) is 0 Å². The predicted molar refractivity (Wildman–Crippen MR) is 41.3 cm³/mol. The summed E-state index contributed by atoms with van der Waals surface area (Å²) in [6.07, 6.45) is 1.41. The van der Waals surface area contributed by atoms with Gasteiger partial charge in [-0.1, -0.05) is 0 Å². The number of amidine groups is 1. The van der Waals surface area contributed by atoms with Crippen LogP contribution in [0.3, 0.4) is 0 Å². The number of nitrogens with two attached hydrogens (primary N) is 1. The van der Waals surface area contributed by atoms with Crippen molar-refractivity contribution in [2.75, 3.05) is 6.61 Å². The van der Waals surface area contributed by atoms with Crippen molar-refractivity contribution >= 4 is 11.8 Å². The largest absolute Gasteiger partial charge is 0.464 e. The third kappa shape index (κ3) is 1.93. The number of ether oxygens (including phenoxy) is 1. The van der Waals surface area contributed by atoms with E-state index in [1.54, 1.807) is 6.92 Å². The van der Waals surface area contributed by atoms with Gasteiger partial charge < -0.3 is 10.5 Å². The first kappa shape index (κ1) is 8.04. The van der Waals surface area contributed by atoms with Gasteiger partial charge in [0, 0.05) is 6.42 Å². The van der Waals surface area contributed by atoms with Gasteiger partial charge in [-0.25, -0.2) is 4.79 Å². The molecule has 1 heterocycles. The molecule has 0 aliphatic carbocycles. The van der Waals surface area contributed by atoms with E-state index in [9.17, 15) is 4.79 Å². The van der Waals surface area contributed by atoms with Crippen molar-refractivity contribution in [3.8, 4) is 0 Å². The van der Waals surface area contributed by atoms with E-state index in [4.69, 9.17) is 10.5 Å². The molecular formula is C7H12N2O2. The van der Waals surface area contributed by atoms with E-state index in [0.717, 1.165) is 0 Å². The maximum Gasteiger partial charge on any atom is 0.330 e. The Morgan fingerprint density at radius 3 is 3.09 bits per heavy atom. The van der Waals surface area contributed by atoms with Gasteiger partial charge >= 0.3 is 5.97 Å². The molecule has 0 aromatic carbocycles. The average molecular weight is 156 g/mol. The van der Waals surface area contributed by atoms with Gasteiger partial charge in [0.25, 0.3) is 0 Å². The van der Waals surface area contributed by atoms with Crippen LogP contribution >= 0.6 is 0 Å². The van der Waals surface area contributed by atoms with Crippen LogP contribution in [0.1, 0.15) is 19.8 Å². The third-order valence-corrected chi connectivity index (χ3v) is 1.55. The summed E-state index contributed by atoms with van der Waals surface area (Å²) in [4.78, 5) is 14.9. The molecule has 0 amide bonds. The van der Waals surface area contributed by atoms with Crippen molar-refractivity contribution < 1.29 is 9.53 Å². The van der Waals surface area contributed by atoms with Crippen molar-refractivity contribution in [2.45, 2.75) is 25.8 Å². The minimum Gasteiger partial charge on any atom is -0.464 e. The van der Waals surface area contributed by atoms with Crippen LogP contribution in [0.5, 0.6) is 0 Å². The van der Waals surface area contributed by atoms with Gasteiger partial charge in [-0.15, -0.1) is 0 Å². The molecule has 1 aliphatic rings. The van der Waals surface area contributed by atoms with Gasteiger partial charge in [0.05, 0.1) is 12.4 Å². The van der Waals surface area contributed by atoms with Crippen LogP contribution in [-0.4, -0.2) is 24.5 Å². The molecule has 1 atom stereocenters. The Kier molecular flexibility index (Phi) is 2.46. The van der Waals surface area contributed by atoms with E-state index in [1.165, 1.54) is 0 Å². The first-order valence-corrected chi connectivity index (χ1v) is 3.72. The van der Waals surface area contributed by atoms with Gasteiger partial charge in [0.2, 0.25) is 0 Å². The summed E-state index contributed by atoms with van der Waals surface area (Å²) < 4.78 is 4.77. The van der Waals surface area contributed by atoms with E-state index in [2.05, 4.69) is 4.99 Å². The second-order valence-corrected chi connectivity index (χ2v) is 2.43. The highest BCUT2D eigenvalue weighted by atomic mass is 16.5. The Hall–Kier alpha value is -1.06. The van der Waals surface area contributed by atoms with Crippen LogP contribution in [0.4, 0.5) is 0 Å². The number of carbonyl (C=O) groups excluding carboxylic acids is 1. The number of nitrogens with zero attached hydrogens (tertiary/aromatic N) is 1. The summed E-state index contributed by atoms with van der Waals surface area (Å²) >= 11 is 0. The molecule has 4 nitrogen and oxygen atoms in total. The number of carbonyl (C=O) groups is 1. The molecular weight excluding hydrogens is 144 g/mol.